The van der Waals surface area contributed by atoms with Crippen molar-refractivity contribution in [1.29, 1.82) is 0 Å². The van der Waals surface area contributed by atoms with Crippen molar-refractivity contribution in [1.82, 2.24) is 15.1 Å². The molecule has 7 heteroatoms. The van der Waals surface area contributed by atoms with Crippen LogP contribution in [0.4, 0.5) is 0 Å². The van der Waals surface area contributed by atoms with E-state index in [2.05, 4.69) is 10.4 Å². The third kappa shape index (κ3) is 3.80. The molecular formula is C15H19N3O3S. The van der Waals surface area contributed by atoms with Gasteiger partial charge in [0.05, 0.1) is 13.2 Å². The average molecular weight is 321 g/mol. The van der Waals surface area contributed by atoms with Crippen LogP contribution in [0.1, 0.15) is 22.0 Å². The van der Waals surface area contributed by atoms with Gasteiger partial charge < -0.3 is 15.2 Å². The molecule has 1 aromatic carbocycles. The number of aromatic nitrogens is 2. The van der Waals surface area contributed by atoms with Gasteiger partial charge in [0.1, 0.15) is 5.56 Å². The summed E-state index contributed by atoms with van der Waals surface area (Å²) in [6, 6.07) is 7.59. The monoisotopic (exact) mass is 321 g/mol. The van der Waals surface area contributed by atoms with Crippen LogP contribution in [-0.4, -0.2) is 40.7 Å². The number of aliphatic hydroxyl groups is 1. The van der Waals surface area contributed by atoms with Crippen LogP contribution < -0.4 is 10.1 Å². The van der Waals surface area contributed by atoms with Gasteiger partial charge in [0.2, 0.25) is 5.88 Å². The summed E-state index contributed by atoms with van der Waals surface area (Å²) in [4.78, 5) is 13.2. The van der Waals surface area contributed by atoms with E-state index in [0.29, 0.717) is 5.56 Å². The Hall–Kier alpha value is -1.99. The normalized spacial score (nSPS) is 12.0. The van der Waals surface area contributed by atoms with Crippen molar-refractivity contribution in [2.75, 3.05) is 19.9 Å². The fourth-order valence-corrected chi connectivity index (χ4v) is 2.41. The lowest BCUT2D eigenvalue weighted by molar-refractivity contribution is 0.0913. The first-order valence-corrected chi connectivity index (χ1v) is 7.95. The Bertz CT molecular complexity index is 640. The summed E-state index contributed by atoms with van der Waals surface area (Å²) in [7, 11) is 3.17. The molecule has 1 heterocycles. The number of benzene rings is 1. The van der Waals surface area contributed by atoms with Gasteiger partial charge in [-0.1, -0.05) is 12.1 Å². The molecule has 1 unspecified atom stereocenters. The van der Waals surface area contributed by atoms with Crippen molar-refractivity contribution in [3.05, 3.63) is 41.6 Å². The second-order valence-electron chi connectivity index (χ2n) is 4.72. The first-order valence-electron chi connectivity index (χ1n) is 6.73. The molecule has 2 rings (SSSR count). The number of ether oxygens (including phenoxy) is 1. The van der Waals surface area contributed by atoms with Crippen LogP contribution in [-0.2, 0) is 7.05 Å². The minimum atomic E-state index is -0.762. The molecule has 0 aliphatic heterocycles. The fourth-order valence-electron chi connectivity index (χ4n) is 2.00. The molecule has 6 nitrogen and oxygen atoms in total. The van der Waals surface area contributed by atoms with E-state index in [4.69, 9.17) is 4.74 Å². The van der Waals surface area contributed by atoms with E-state index in [9.17, 15) is 9.90 Å². The second-order valence-corrected chi connectivity index (χ2v) is 5.60. The number of aliphatic hydroxyl groups excluding tert-OH is 1. The van der Waals surface area contributed by atoms with Crippen molar-refractivity contribution in [2.24, 2.45) is 7.05 Å². The van der Waals surface area contributed by atoms with E-state index in [1.165, 1.54) is 11.8 Å². The lowest BCUT2D eigenvalue weighted by atomic mass is 10.1. The van der Waals surface area contributed by atoms with Crippen LogP contribution >= 0.6 is 11.8 Å². The molecule has 2 N–H and O–H groups in total. The van der Waals surface area contributed by atoms with Gasteiger partial charge in [-0.3, -0.25) is 9.48 Å². The molecule has 0 saturated heterocycles. The lowest BCUT2D eigenvalue weighted by Crippen LogP contribution is -2.28. The Morgan fingerprint density at radius 1 is 1.45 bits per heavy atom. The highest BCUT2D eigenvalue weighted by Gasteiger charge is 2.17. The van der Waals surface area contributed by atoms with E-state index < -0.39 is 6.10 Å². The SMILES string of the molecule is COc1nn(C)cc1C(=O)NCC(O)c1ccc(SC)cc1. The van der Waals surface area contributed by atoms with Crippen LogP contribution in [0.2, 0.25) is 0 Å². The van der Waals surface area contributed by atoms with Crippen LogP contribution in [0, 0.1) is 0 Å². The molecule has 1 aromatic heterocycles. The van der Waals surface area contributed by atoms with E-state index in [-0.39, 0.29) is 18.3 Å². The Labute approximate surface area is 133 Å². The number of rotatable bonds is 6. The van der Waals surface area contributed by atoms with Crippen LogP contribution in [0.5, 0.6) is 5.88 Å². The molecule has 2 aromatic rings. The van der Waals surface area contributed by atoms with Crippen molar-refractivity contribution >= 4 is 17.7 Å². The Morgan fingerprint density at radius 2 is 2.14 bits per heavy atom. The molecule has 0 radical (unpaired) electrons. The summed E-state index contributed by atoms with van der Waals surface area (Å²) in [6.07, 6.45) is 2.81. The van der Waals surface area contributed by atoms with E-state index in [1.807, 2.05) is 30.5 Å². The molecule has 0 aliphatic carbocycles. The van der Waals surface area contributed by atoms with Crippen molar-refractivity contribution < 1.29 is 14.6 Å². The Kier molecular flexibility index (Phi) is 5.46. The predicted octanol–water partition coefficient (Wildman–Crippen LogP) is 1.61. The van der Waals surface area contributed by atoms with Gasteiger partial charge in [-0.2, -0.15) is 0 Å². The molecule has 0 spiro atoms. The minimum Gasteiger partial charge on any atom is -0.479 e. The Morgan fingerprint density at radius 3 is 2.73 bits per heavy atom. The Balaban J connectivity index is 1.97. The number of hydrogen-bond donors (Lipinski definition) is 2. The van der Waals surface area contributed by atoms with Gasteiger partial charge in [0.15, 0.2) is 0 Å². The van der Waals surface area contributed by atoms with Gasteiger partial charge in [0, 0.05) is 24.7 Å². The first-order chi connectivity index (χ1) is 10.5. The number of hydrogen-bond acceptors (Lipinski definition) is 5. The quantitative estimate of drug-likeness (QED) is 0.791. The number of nitrogens with zero attached hydrogens (tertiary/aromatic N) is 2. The predicted molar refractivity (Wildman–Crippen MR) is 85.3 cm³/mol. The van der Waals surface area contributed by atoms with E-state index >= 15 is 0 Å². The topological polar surface area (TPSA) is 76.4 Å². The van der Waals surface area contributed by atoms with Gasteiger partial charge in [-0.15, -0.1) is 16.9 Å². The number of carbonyl (C=O) groups excluding carboxylic acids is 1. The number of amides is 1. The zero-order valence-corrected chi connectivity index (χ0v) is 13.6. The van der Waals surface area contributed by atoms with E-state index in [0.717, 1.165) is 10.5 Å². The molecule has 0 saturated carbocycles. The summed E-state index contributed by atoms with van der Waals surface area (Å²) in [5, 5.41) is 16.8. The third-order valence-corrected chi connectivity index (χ3v) is 3.93. The molecular weight excluding hydrogens is 302 g/mol. The zero-order valence-electron chi connectivity index (χ0n) is 12.7. The lowest BCUT2D eigenvalue weighted by Gasteiger charge is -2.12. The molecule has 1 amide bonds. The minimum absolute atomic E-state index is 0.121. The molecule has 118 valence electrons. The molecule has 0 fully saturated rings. The number of aryl methyl sites for hydroxylation is 1. The number of thioether (sulfide) groups is 1. The zero-order chi connectivity index (χ0) is 16.1. The molecule has 0 aliphatic rings. The maximum Gasteiger partial charge on any atom is 0.258 e. The molecule has 22 heavy (non-hydrogen) atoms. The van der Waals surface area contributed by atoms with Crippen molar-refractivity contribution in [3.8, 4) is 5.88 Å². The molecule has 0 bridgehead atoms. The first kappa shape index (κ1) is 16.4. The maximum absolute atomic E-state index is 12.1. The van der Waals surface area contributed by atoms with Gasteiger partial charge in [-0.05, 0) is 24.0 Å². The summed E-state index contributed by atoms with van der Waals surface area (Å²) < 4.78 is 6.55. The molecule has 1 atom stereocenters. The van der Waals surface area contributed by atoms with Gasteiger partial charge in [0.25, 0.3) is 5.91 Å². The summed E-state index contributed by atoms with van der Waals surface area (Å²) in [5.41, 5.74) is 1.10. The van der Waals surface area contributed by atoms with Crippen molar-refractivity contribution in [2.45, 2.75) is 11.0 Å². The number of methoxy groups -OCH3 is 1. The average Bonchev–Trinajstić information content (AvgIpc) is 2.93. The highest BCUT2D eigenvalue weighted by molar-refractivity contribution is 7.98. The van der Waals surface area contributed by atoms with Crippen LogP contribution in [0.25, 0.3) is 0 Å². The number of nitrogens with one attached hydrogen (secondary N) is 1. The smallest absolute Gasteiger partial charge is 0.258 e. The van der Waals surface area contributed by atoms with E-state index in [1.54, 1.807) is 25.0 Å². The maximum atomic E-state index is 12.1. The highest BCUT2D eigenvalue weighted by Crippen LogP contribution is 2.19. The number of carbonyl (C=O) groups is 1. The third-order valence-electron chi connectivity index (χ3n) is 3.19. The second kappa shape index (κ2) is 7.33. The standard InChI is InChI=1S/C15H19N3O3S/c1-18-9-12(15(17-18)21-2)14(20)16-8-13(19)10-4-6-11(22-3)7-5-10/h4-7,9,13,19H,8H2,1-3H3,(H,16,20). The largest absolute Gasteiger partial charge is 0.479 e. The fraction of sp³-hybridized carbons (Fsp3) is 0.333. The summed E-state index contributed by atoms with van der Waals surface area (Å²) in [5.74, 6) is -0.0662. The highest BCUT2D eigenvalue weighted by atomic mass is 32.2. The summed E-state index contributed by atoms with van der Waals surface area (Å²) in [6.45, 7) is 0.121. The van der Waals surface area contributed by atoms with Crippen LogP contribution in [0.3, 0.4) is 0 Å². The van der Waals surface area contributed by atoms with Gasteiger partial charge in [-0.25, -0.2) is 0 Å². The summed E-state index contributed by atoms with van der Waals surface area (Å²) >= 11 is 1.64. The van der Waals surface area contributed by atoms with Gasteiger partial charge >= 0.3 is 0 Å². The van der Waals surface area contributed by atoms with Crippen molar-refractivity contribution in [3.63, 3.8) is 0 Å². The van der Waals surface area contributed by atoms with Crippen LogP contribution in [0.15, 0.2) is 35.4 Å².